The fourth-order valence-electron chi connectivity index (χ4n) is 1.41. The van der Waals surface area contributed by atoms with Gasteiger partial charge >= 0.3 is 0 Å². The zero-order valence-electron chi connectivity index (χ0n) is 8.24. The number of rotatable bonds is 2. The van der Waals surface area contributed by atoms with E-state index in [1.54, 1.807) is 6.20 Å². The monoisotopic (exact) mass is 284 g/mol. The lowest BCUT2D eigenvalue weighted by Crippen LogP contribution is -2.01. The van der Waals surface area contributed by atoms with Crippen LogP contribution in [0, 0.1) is 6.92 Å². The summed E-state index contributed by atoms with van der Waals surface area (Å²) in [6.45, 7) is 2.84. The molecule has 4 heteroatoms. The van der Waals surface area contributed by atoms with Gasteiger partial charge in [-0.3, -0.25) is 4.68 Å². The van der Waals surface area contributed by atoms with Crippen LogP contribution < -0.4 is 0 Å². The standard InChI is InChI=1S/C11H10BrClN2/c1-8-2-3-10(12)4-9(8)6-15-7-11(13)5-14-15/h2-5,7H,6H2,1H3. The number of hydrogen-bond acceptors (Lipinski definition) is 1. The molecular formula is C11H10BrClN2. The lowest BCUT2D eigenvalue weighted by atomic mass is 10.1. The van der Waals surface area contributed by atoms with Crippen LogP contribution in [0.2, 0.25) is 5.02 Å². The topological polar surface area (TPSA) is 17.8 Å². The Morgan fingerprint density at radius 2 is 2.27 bits per heavy atom. The van der Waals surface area contributed by atoms with Crippen LogP contribution in [-0.4, -0.2) is 9.78 Å². The summed E-state index contributed by atoms with van der Waals surface area (Å²) in [5.74, 6) is 0. The molecule has 0 aliphatic heterocycles. The summed E-state index contributed by atoms with van der Waals surface area (Å²) in [5.41, 5.74) is 2.49. The van der Waals surface area contributed by atoms with Gasteiger partial charge in [0.15, 0.2) is 0 Å². The lowest BCUT2D eigenvalue weighted by Gasteiger charge is -2.06. The van der Waals surface area contributed by atoms with Gasteiger partial charge in [0.1, 0.15) is 0 Å². The second-order valence-electron chi connectivity index (χ2n) is 3.43. The average molecular weight is 286 g/mol. The van der Waals surface area contributed by atoms with Crippen LogP contribution in [0.4, 0.5) is 0 Å². The van der Waals surface area contributed by atoms with E-state index in [-0.39, 0.29) is 0 Å². The zero-order valence-corrected chi connectivity index (χ0v) is 10.6. The van der Waals surface area contributed by atoms with Crippen LogP contribution in [0.3, 0.4) is 0 Å². The third-order valence-electron chi connectivity index (χ3n) is 2.25. The molecule has 1 aromatic heterocycles. The second kappa shape index (κ2) is 4.37. The number of hydrogen-bond donors (Lipinski definition) is 0. The molecule has 2 aromatic rings. The number of halogens is 2. The summed E-state index contributed by atoms with van der Waals surface area (Å²) >= 11 is 9.26. The summed E-state index contributed by atoms with van der Waals surface area (Å²) in [4.78, 5) is 0. The molecule has 0 bridgehead atoms. The van der Waals surface area contributed by atoms with Crippen molar-refractivity contribution in [2.75, 3.05) is 0 Å². The van der Waals surface area contributed by atoms with Crippen LogP contribution >= 0.6 is 27.5 Å². The fraction of sp³-hybridized carbons (Fsp3) is 0.182. The van der Waals surface area contributed by atoms with Crippen molar-refractivity contribution in [3.05, 3.63) is 51.2 Å². The van der Waals surface area contributed by atoms with Crippen molar-refractivity contribution >= 4 is 27.5 Å². The van der Waals surface area contributed by atoms with Gasteiger partial charge in [-0.15, -0.1) is 0 Å². The van der Waals surface area contributed by atoms with Crippen molar-refractivity contribution in [2.45, 2.75) is 13.5 Å². The van der Waals surface area contributed by atoms with Crippen LogP contribution in [-0.2, 0) is 6.54 Å². The highest BCUT2D eigenvalue weighted by Crippen LogP contribution is 2.17. The van der Waals surface area contributed by atoms with Crippen molar-refractivity contribution in [1.29, 1.82) is 0 Å². The number of benzene rings is 1. The minimum absolute atomic E-state index is 0.669. The SMILES string of the molecule is Cc1ccc(Br)cc1Cn1cc(Cl)cn1. The molecular weight excluding hydrogens is 275 g/mol. The van der Waals surface area contributed by atoms with E-state index in [0.29, 0.717) is 5.02 Å². The van der Waals surface area contributed by atoms with E-state index >= 15 is 0 Å². The Kier molecular flexibility index (Phi) is 3.12. The van der Waals surface area contributed by atoms with E-state index in [2.05, 4.69) is 40.1 Å². The first-order valence-electron chi connectivity index (χ1n) is 4.58. The van der Waals surface area contributed by atoms with Gasteiger partial charge in [-0.05, 0) is 30.2 Å². The highest BCUT2D eigenvalue weighted by molar-refractivity contribution is 9.10. The molecule has 1 aromatic carbocycles. The van der Waals surface area contributed by atoms with Gasteiger partial charge in [0, 0.05) is 10.7 Å². The Bertz CT molecular complexity index is 479. The molecule has 0 aliphatic rings. The molecule has 0 spiro atoms. The van der Waals surface area contributed by atoms with E-state index in [1.165, 1.54) is 11.1 Å². The maximum Gasteiger partial charge on any atom is 0.0785 e. The normalized spacial score (nSPS) is 10.6. The van der Waals surface area contributed by atoms with Crippen LogP contribution in [0.5, 0.6) is 0 Å². The summed E-state index contributed by atoms with van der Waals surface area (Å²) in [5, 5.41) is 4.82. The minimum atomic E-state index is 0.669. The Balaban J connectivity index is 2.27. The molecule has 15 heavy (non-hydrogen) atoms. The second-order valence-corrected chi connectivity index (χ2v) is 4.78. The van der Waals surface area contributed by atoms with Gasteiger partial charge in [0.2, 0.25) is 0 Å². The minimum Gasteiger partial charge on any atom is -0.267 e. The Morgan fingerprint density at radius 1 is 1.47 bits per heavy atom. The number of aryl methyl sites for hydroxylation is 1. The molecule has 2 nitrogen and oxygen atoms in total. The van der Waals surface area contributed by atoms with Crippen molar-refractivity contribution in [2.24, 2.45) is 0 Å². The predicted molar refractivity (Wildman–Crippen MR) is 65.2 cm³/mol. The van der Waals surface area contributed by atoms with E-state index in [4.69, 9.17) is 11.6 Å². The van der Waals surface area contributed by atoms with E-state index < -0.39 is 0 Å². The zero-order chi connectivity index (χ0) is 10.8. The maximum atomic E-state index is 5.81. The molecule has 0 aliphatic carbocycles. The van der Waals surface area contributed by atoms with Crippen molar-refractivity contribution in [3.8, 4) is 0 Å². The summed E-state index contributed by atoms with van der Waals surface area (Å²) < 4.78 is 2.92. The molecule has 0 saturated carbocycles. The molecule has 0 fully saturated rings. The molecule has 0 radical (unpaired) electrons. The first kappa shape index (κ1) is 10.7. The van der Waals surface area contributed by atoms with Gasteiger partial charge in [0.05, 0.1) is 17.8 Å². The van der Waals surface area contributed by atoms with Gasteiger partial charge in [0.25, 0.3) is 0 Å². The Labute approximate surface area is 102 Å². The van der Waals surface area contributed by atoms with Gasteiger partial charge in [-0.1, -0.05) is 33.6 Å². The van der Waals surface area contributed by atoms with Gasteiger partial charge < -0.3 is 0 Å². The predicted octanol–water partition coefficient (Wildman–Crippen LogP) is 3.66. The molecule has 0 saturated heterocycles. The van der Waals surface area contributed by atoms with Crippen molar-refractivity contribution in [3.63, 3.8) is 0 Å². The molecule has 0 N–H and O–H groups in total. The third kappa shape index (κ3) is 2.61. The highest BCUT2D eigenvalue weighted by atomic mass is 79.9. The molecule has 0 amide bonds. The van der Waals surface area contributed by atoms with Gasteiger partial charge in [-0.25, -0.2) is 0 Å². The first-order valence-corrected chi connectivity index (χ1v) is 5.75. The van der Waals surface area contributed by atoms with E-state index in [0.717, 1.165) is 11.0 Å². The molecule has 78 valence electrons. The van der Waals surface area contributed by atoms with E-state index in [1.807, 2.05) is 16.9 Å². The van der Waals surface area contributed by atoms with Crippen LogP contribution in [0.1, 0.15) is 11.1 Å². The van der Waals surface area contributed by atoms with Crippen molar-refractivity contribution in [1.82, 2.24) is 9.78 Å². The lowest BCUT2D eigenvalue weighted by molar-refractivity contribution is 0.684. The smallest absolute Gasteiger partial charge is 0.0785 e. The summed E-state index contributed by atoms with van der Waals surface area (Å²) in [7, 11) is 0. The third-order valence-corrected chi connectivity index (χ3v) is 2.93. The molecule has 1 heterocycles. The largest absolute Gasteiger partial charge is 0.267 e. The highest BCUT2D eigenvalue weighted by Gasteiger charge is 2.01. The molecule has 0 unspecified atom stereocenters. The number of aromatic nitrogens is 2. The Hall–Kier alpha value is -0.800. The van der Waals surface area contributed by atoms with E-state index in [9.17, 15) is 0 Å². The maximum absolute atomic E-state index is 5.81. The average Bonchev–Trinajstić information content (AvgIpc) is 2.58. The summed E-state index contributed by atoms with van der Waals surface area (Å²) in [6.07, 6.45) is 3.47. The molecule has 0 atom stereocenters. The van der Waals surface area contributed by atoms with Crippen molar-refractivity contribution < 1.29 is 0 Å². The number of nitrogens with zero attached hydrogens (tertiary/aromatic N) is 2. The fourth-order valence-corrected chi connectivity index (χ4v) is 1.97. The quantitative estimate of drug-likeness (QED) is 0.823. The Morgan fingerprint density at radius 3 is 2.93 bits per heavy atom. The summed E-state index contributed by atoms with van der Waals surface area (Å²) in [6, 6.07) is 6.23. The first-order chi connectivity index (χ1) is 7.15. The van der Waals surface area contributed by atoms with Crippen LogP contribution in [0.15, 0.2) is 35.1 Å². The molecule has 2 rings (SSSR count). The van der Waals surface area contributed by atoms with Crippen LogP contribution in [0.25, 0.3) is 0 Å². The van der Waals surface area contributed by atoms with Gasteiger partial charge in [-0.2, -0.15) is 5.10 Å².